The lowest BCUT2D eigenvalue weighted by Crippen LogP contribution is -2.18. The Kier molecular flexibility index (Phi) is 3.27. The van der Waals surface area contributed by atoms with E-state index in [1.165, 1.54) is 0 Å². The number of nitrogens with zero attached hydrogens (tertiary/aromatic N) is 2. The number of aliphatic hydroxyl groups is 1. The van der Waals surface area contributed by atoms with E-state index in [1.54, 1.807) is 6.20 Å². The van der Waals surface area contributed by atoms with Crippen molar-refractivity contribution in [3.63, 3.8) is 0 Å². The molecule has 0 bridgehead atoms. The predicted octanol–water partition coefficient (Wildman–Crippen LogP) is 2.99. The largest absolute Gasteiger partial charge is 0.393 e. The van der Waals surface area contributed by atoms with Gasteiger partial charge in [-0.05, 0) is 32.6 Å². The van der Waals surface area contributed by atoms with Crippen molar-refractivity contribution in [2.75, 3.05) is 0 Å². The molecule has 90 valence electrons. The Labute approximate surface area is 101 Å². The second-order valence-corrected chi connectivity index (χ2v) is 5.43. The molecular weight excluding hydrogens is 224 g/mol. The molecule has 1 aromatic rings. The summed E-state index contributed by atoms with van der Waals surface area (Å²) in [6.07, 6.45) is 3.39. The van der Waals surface area contributed by atoms with Crippen molar-refractivity contribution in [2.24, 2.45) is 5.92 Å². The van der Waals surface area contributed by atoms with Gasteiger partial charge in [-0.3, -0.25) is 4.68 Å². The van der Waals surface area contributed by atoms with Crippen LogP contribution in [0.3, 0.4) is 0 Å². The van der Waals surface area contributed by atoms with Crippen molar-refractivity contribution in [1.29, 1.82) is 0 Å². The molecule has 2 rings (SSSR count). The molecule has 3 unspecified atom stereocenters. The SMILES string of the molecule is CC1C(O)CCC1c1c(Cl)cnn1C(C)C. The van der Waals surface area contributed by atoms with Crippen LogP contribution in [0.2, 0.25) is 5.02 Å². The Morgan fingerprint density at radius 1 is 1.50 bits per heavy atom. The Balaban J connectivity index is 2.36. The van der Waals surface area contributed by atoms with E-state index >= 15 is 0 Å². The fraction of sp³-hybridized carbons (Fsp3) is 0.750. The number of rotatable bonds is 2. The summed E-state index contributed by atoms with van der Waals surface area (Å²) in [6, 6.07) is 0.312. The van der Waals surface area contributed by atoms with Gasteiger partial charge in [0, 0.05) is 12.0 Å². The van der Waals surface area contributed by atoms with Crippen LogP contribution >= 0.6 is 11.6 Å². The average Bonchev–Trinajstić information content (AvgIpc) is 2.73. The number of hydrogen-bond donors (Lipinski definition) is 1. The van der Waals surface area contributed by atoms with Gasteiger partial charge in [0.15, 0.2) is 0 Å². The monoisotopic (exact) mass is 242 g/mol. The molecule has 3 atom stereocenters. The van der Waals surface area contributed by atoms with E-state index < -0.39 is 0 Å². The Hall–Kier alpha value is -0.540. The molecule has 1 heterocycles. The molecule has 1 fully saturated rings. The first-order chi connectivity index (χ1) is 7.52. The van der Waals surface area contributed by atoms with Gasteiger partial charge in [0.1, 0.15) is 0 Å². The lowest BCUT2D eigenvalue weighted by Gasteiger charge is -2.21. The lowest BCUT2D eigenvalue weighted by molar-refractivity contribution is 0.135. The number of aliphatic hydroxyl groups excluding tert-OH is 1. The van der Waals surface area contributed by atoms with Crippen LogP contribution in [0.15, 0.2) is 6.20 Å². The summed E-state index contributed by atoms with van der Waals surface area (Å²) in [5, 5.41) is 14.9. The van der Waals surface area contributed by atoms with E-state index in [0.717, 1.165) is 23.6 Å². The summed E-state index contributed by atoms with van der Waals surface area (Å²) in [4.78, 5) is 0. The van der Waals surface area contributed by atoms with Crippen LogP contribution in [0.4, 0.5) is 0 Å². The molecule has 1 N–H and O–H groups in total. The van der Waals surface area contributed by atoms with Crippen molar-refractivity contribution in [3.05, 3.63) is 16.9 Å². The maximum atomic E-state index is 9.81. The molecule has 0 aliphatic heterocycles. The van der Waals surface area contributed by atoms with Crippen molar-refractivity contribution < 1.29 is 5.11 Å². The number of aromatic nitrogens is 2. The molecule has 1 aromatic heterocycles. The van der Waals surface area contributed by atoms with E-state index in [9.17, 15) is 5.11 Å². The number of halogens is 1. The second kappa shape index (κ2) is 4.38. The molecule has 0 radical (unpaired) electrons. The minimum absolute atomic E-state index is 0.198. The first kappa shape index (κ1) is 11.9. The van der Waals surface area contributed by atoms with E-state index in [2.05, 4.69) is 25.9 Å². The highest BCUT2D eigenvalue weighted by Gasteiger charge is 2.36. The van der Waals surface area contributed by atoms with Gasteiger partial charge in [0.05, 0.1) is 23.0 Å². The van der Waals surface area contributed by atoms with Crippen LogP contribution in [0.25, 0.3) is 0 Å². The number of hydrogen-bond acceptors (Lipinski definition) is 2. The summed E-state index contributed by atoms with van der Waals surface area (Å²) in [5.74, 6) is 0.610. The molecule has 1 saturated carbocycles. The standard InChI is InChI=1S/C12H19ClN2O/c1-7(2)15-12(10(13)6-14-15)9-4-5-11(16)8(9)3/h6-9,11,16H,4-5H2,1-3H3. The van der Waals surface area contributed by atoms with Gasteiger partial charge >= 0.3 is 0 Å². The van der Waals surface area contributed by atoms with E-state index in [-0.39, 0.29) is 12.0 Å². The summed E-state index contributed by atoms with van der Waals surface area (Å²) in [7, 11) is 0. The van der Waals surface area contributed by atoms with Gasteiger partial charge in [-0.15, -0.1) is 0 Å². The van der Waals surface area contributed by atoms with Gasteiger partial charge < -0.3 is 5.11 Å². The molecule has 0 saturated heterocycles. The van der Waals surface area contributed by atoms with Crippen LogP contribution in [-0.4, -0.2) is 21.0 Å². The smallest absolute Gasteiger partial charge is 0.0820 e. The normalized spacial score (nSPS) is 30.2. The van der Waals surface area contributed by atoms with E-state index in [0.29, 0.717) is 12.0 Å². The lowest BCUT2D eigenvalue weighted by atomic mass is 9.93. The highest BCUT2D eigenvalue weighted by molar-refractivity contribution is 6.31. The molecule has 16 heavy (non-hydrogen) atoms. The Morgan fingerprint density at radius 3 is 2.69 bits per heavy atom. The fourth-order valence-electron chi connectivity index (χ4n) is 2.64. The third-order valence-electron chi connectivity index (χ3n) is 3.64. The minimum atomic E-state index is -0.198. The molecule has 1 aliphatic rings. The molecule has 0 spiro atoms. The predicted molar refractivity (Wildman–Crippen MR) is 64.8 cm³/mol. The molecule has 4 heteroatoms. The van der Waals surface area contributed by atoms with E-state index in [1.807, 2.05) is 4.68 Å². The molecule has 0 amide bonds. The fourth-order valence-corrected chi connectivity index (χ4v) is 2.91. The zero-order chi connectivity index (χ0) is 11.9. The molecular formula is C12H19ClN2O. The maximum absolute atomic E-state index is 9.81. The summed E-state index contributed by atoms with van der Waals surface area (Å²) in [6.45, 7) is 6.29. The highest BCUT2D eigenvalue weighted by atomic mass is 35.5. The summed E-state index contributed by atoms with van der Waals surface area (Å²) >= 11 is 6.22. The van der Waals surface area contributed by atoms with Crippen LogP contribution in [-0.2, 0) is 0 Å². The van der Waals surface area contributed by atoms with Gasteiger partial charge in [0.25, 0.3) is 0 Å². The zero-order valence-electron chi connectivity index (χ0n) is 10.0. The zero-order valence-corrected chi connectivity index (χ0v) is 10.8. The van der Waals surface area contributed by atoms with Crippen molar-refractivity contribution >= 4 is 11.6 Å². The van der Waals surface area contributed by atoms with Crippen LogP contribution in [0.1, 0.15) is 51.3 Å². The molecule has 1 aliphatic carbocycles. The van der Waals surface area contributed by atoms with Crippen molar-refractivity contribution in [1.82, 2.24) is 9.78 Å². The van der Waals surface area contributed by atoms with Gasteiger partial charge in [-0.2, -0.15) is 5.10 Å². The van der Waals surface area contributed by atoms with E-state index in [4.69, 9.17) is 11.6 Å². The first-order valence-corrected chi connectivity index (χ1v) is 6.31. The highest BCUT2D eigenvalue weighted by Crippen LogP contribution is 2.42. The second-order valence-electron chi connectivity index (χ2n) is 5.03. The first-order valence-electron chi connectivity index (χ1n) is 5.93. The van der Waals surface area contributed by atoms with Crippen molar-refractivity contribution in [2.45, 2.75) is 51.7 Å². The van der Waals surface area contributed by atoms with Crippen LogP contribution in [0, 0.1) is 5.92 Å². The summed E-state index contributed by atoms with van der Waals surface area (Å²) < 4.78 is 1.99. The Morgan fingerprint density at radius 2 is 2.19 bits per heavy atom. The minimum Gasteiger partial charge on any atom is -0.393 e. The average molecular weight is 243 g/mol. The molecule has 0 aromatic carbocycles. The maximum Gasteiger partial charge on any atom is 0.0820 e. The Bertz CT molecular complexity index is 375. The topological polar surface area (TPSA) is 38.1 Å². The van der Waals surface area contributed by atoms with Crippen molar-refractivity contribution in [3.8, 4) is 0 Å². The third-order valence-corrected chi connectivity index (χ3v) is 3.93. The van der Waals surface area contributed by atoms with Crippen LogP contribution < -0.4 is 0 Å². The van der Waals surface area contributed by atoms with Gasteiger partial charge in [-0.25, -0.2) is 0 Å². The molecule has 3 nitrogen and oxygen atoms in total. The third kappa shape index (κ3) is 1.87. The quantitative estimate of drug-likeness (QED) is 0.866. The van der Waals surface area contributed by atoms with Gasteiger partial charge in [-0.1, -0.05) is 18.5 Å². The summed E-state index contributed by atoms with van der Waals surface area (Å²) in [5.41, 5.74) is 1.10. The van der Waals surface area contributed by atoms with Gasteiger partial charge in [0.2, 0.25) is 0 Å². The van der Waals surface area contributed by atoms with Crippen LogP contribution in [0.5, 0.6) is 0 Å².